The summed E-state index contributed by atoms with van der Waals surface area (Å²) in [6, 6.07) is 16.3. The van der Waals surface area contributed by atoms with Crippen LogP contribution in [0.15, 0.2) is 85.2 Å². The third kappa shape index (κ3) is 4.47. The fourth-order valence-electron chi connectivity index (χ4n) is 8.44. The van der Waals surface area contributed by atoms with Crippen LogP contribution in [0.1, 0.15) is 67.6 Å². The molecule has 1 aromatic carbocycles. The number of hydrogen-bond acceptors (Lipinski definition) is 6. The molecule has 1 saturated heterocycles. The Balaban J connectivity index is 1.48. The molecule has 7 rings (SSSR count). The molecule has 0 spiro atoms. The van der Waals surface area contributed by atoms with Gasteiger partial charge in [-0.15, -0.1) is 0 Å². The molecule has 43 heavy (non-hydrogen) atoms. The number of ketones is 1. The van der Waals surface area contributed by atoms with Gasteiger partial charge in [0.15, 0.2) is 11.3 Å². The number of hydrogen-bond donors (Lipinski definition) is 0. The van der Waals surface area contributed by atoms with E-state index in [9.17, 15) is 10.1 Å². The van der Waals surface area contributed by atoms with Crippen LogP contribution in [-0.4, -0.2) is 45.1 Å². The summed E-state index contributed by atoms with van der Waals surface area (Å²) in [5, 5.41) is 9.23. The van der Waals surface area contributed by atoms with E-state index in [0.717, 1.165) is 17.5 Å². The Morgan fingerprint density at radius 2 is 1.58 bits per heavy atom. The molecule has 220 valence electrons. The predicted molar refractivity (Wildman–Crippen MR) is 164 cm³/mol. The zero-order valence-electron chi connectivity index (χ0n) is 25.6. The number of likely N-dealkylation sites (N-methyl/N-ethyl adjacent to an activating group) is 1. The molecule has 4 atom stereocenters. The fourth-order valence-corrected chi connectivity index (χ4v) is 8.44. The van der Waals surface area contributed by atoms with Gasteiger partial charge in [0.2, 0.25) is 0 Å². The lowest BCUT2D eigenvalue weighted by Crippen LogP contribution is -2.58. The van der Waals surface area contributed by atoms with Crippen LogP contribution < -0.4 is 0 Å². The highest BCUT2D eigenvalue weighted by Gasteiger charge is 2.61. The van der Waals surface area contributed by atoms with Gasteiger partial charge in [-0.3, -0.25) is 24.5 Å². The lowest BCUT2D eigenvalue weighted by Gasteiger charge is -2.64. The van der Waals surface area contributed by atoms with Gasteiger partial charge in [0.25, 0.3) is 5.91 Å². The van der Waals surface area contributed by atoms with Crippen molar-refractivity contribution < 1.29 is 9.59 Å². The summed E-state index contributed by atoms with van der Waals surface area (Å²) in [5.74, 6) is 2.87. The minimum absolute atomic E-state index is 0.0766. The number of nitriles is 1. The Labute approximate surface area is 254 Å². The number of aromatic nitrogens is 2. The maximum Gasteiger partial charge on any atom is 0.263 e. The molecule has 3 aliphatic carbocycles. The first-order chi connectivity index (χ1) is 20.6. The molecule has 1 amide bonds. The highest BCUT2D eigenvalue weighted by Crippen LogP contribution is 2.65. The van der Waals surface area contributed by atoms with Gasteiger partial charge in [-0.2, -0.15) is 5.26 Å². The maximum absolute atomic E-state index is 15.1. The van der Waals surface area contributed by atoms with E-state index < -0.39 is 5.54 Å². The van der Waals surface area contributed by atoms with E-state index in [-0.39, 0.29) is 11.7 Å². The van der Waals surface area contributed by atoms with E-state index in [2.05, 4.69) is 43.7 Å². The van der Waals surface area contributed by atoms with Gasteiger partial charge >= 0.3 is 0 Å². The number of pyridine rings is 2. The van der Waals surface area contributed by atoms with E-state index in [0.29, 0.717) is 58.5 Å². The Kier molecular flexibility index (Phi) is 7.20. The largest absolute Gasteiger partial charge is 0.339 e. The van der Waals surface area contributed by atoms with Crippen LogP contribution in [0.25, 0.3) is 0 Å². The van der Waals surface area contributed by atoms with Crippen molar-refractivity contribution in [1.82, 2.24) is 19.8 Å². The summed E-state index contributed by atoms with van der Waals surface area (Å²) >= 11 is 0. The third-order valence-electron chi connectivity index (χ3n) is 10.8. The van der Waals surface area contributed by atoms with Crippen molar-refractivity contribution in [2.24, 2.45) is 35.0 Å². The number of carbonyl (C=O) groups excluding carboxylic acids is 2. The van der Waals surface area contributed by atoms with Gasteiger partial charge in [-0.05, 0) is 108 Å². The van der Waals surface area contributed by atoms with Crippen LogP contribution in [0.4, 0.5) is 0 Å². The van der Waals surface area contributed by atoms with Crippen molar-refractivity contribution in [3.8, 4) is 6.07 Å². The number of carbonyl (C=O) groups is 2. The van der Waals surface area contributed by atoms with Crippen molar-refractivity contribution in [1.29, 1.82) is 5.26 Å². The molecule has 0 radical (unpaired) electrons. The Bertz CT molecular complexity index is 1550. The number of allylic oxidation sites excluding steroid dienone is 1. The summed E-state index contributed by atoms with van der Waals surface area (Å²) < 4.78 is 0. The van der Waals surface area contributed by atoms with Gasteiger partial charge in [0.05, 0.1) is 11.6 Å². The van der Waals surface area contributed by atoms with Crippen LogP contribution in [0.3, 0.4) is 0 Å². The smallest absolute Gasteiger partial charge is 0.263 e. The molecular formula is C36H39N5O2. The number of amides is 1. The number of rotatable bonds is 7. The second-order valence-electron chi connectivity index (χ2n) is 13.4. The van der Waals surface area contributed by atoms with Crippen molar-refractivity contribution in [2.45, 2.75) is 46.1 Å². The molecule has 2 aromatic heterocycles. The first kappa shape index (κ1) is 28.8. The SMILES string of the molecule is CC(C)C1C(CN2C(=O)C(c3ccncc3)(c3ccncc3)N(C)C2=CC(=O)c2ccc(C#N)cc2)CC2CC1C2(C)C. The van der Waals surface area contributed by atoms with Crippen molar-refractivity contribution in [3.63, 3.8) is 0 Å². The van der Waals surface area contributed by atoms with Crippen LogP contribution >= 0.6 is 0 Å². The molecular weight excluding hydrogens is 534 g/mol. The second-order valence-corrected chi connectivity index (χ2v) is 13.4. The van der Waals surface area contributed by atoms with Crippen LogP contribution in [0.5, 0.6) is 0 Å². The molecule has 4 aliphatic rings. The van der Waals surface area contributed by atoms with E-state index in [4.69, 9.17) is 0 Å². The van der Waals surface area contributed by atoms with Gasteiger partial charge < -0.3 is 4.90 Å². The molecule has 7 nitrogen and oxygen atoms in total. The van der Waals surface area contributed by atoms with Crippen LogP contribution in [-0.2, 0) is 10.3 Å². The molecule has 4 unspecified atom stereocenters. The zero-order valence-corrected chi connectivity index (χ0v) is 25.6. The van der Waals surface area contributed by atoms with E-state index in [1.807, 2.05) is 41.1 Å². The van der Waals surface area contributed by atoms with Crippen molar-refractivity contribution >= 4 is 11.7 Å². The Morgan fingerprint density at radius 3 is 2.09 bits per heavy atom. The lowest BCUT2D eigenvalue weighted by molar-refractivity contribution is -0.154. The predicted octanol–water partition coefficient (Wildman–Crippen LogP) is 6.04. The first-order valence-corrected chi connectivity index (χ1v) is 15.2. The van der Waals surface area contributed by atoms with Crippen molar-refractivity contribution in [2.75, 3.05) is 13.6 Å². The minimum atomic E-state index is -1.19. The Morgan fingerprint density at radius 1 is 1.00 bits per heavy atom. The fraction of sp³-hybridized carbons (Fsp3) is 0.417. The standard InChI is InChI=1S/C36H39N5O2/c1-23(2)33-26(18-29-19-30(33)35(29,3)4)22-41-32(20-31(42)25-8-6-24(21-37)7-9-25)40(5)36(34(41)43,27-10-14-38-15-11-27)28-12-16-39-17-13-28/h6-17,20,23,26,29-30,33H,18-19,22H2,1-5H3. The lowest BCUT2D eigenvalue weighted by atomic mass is 9.41. The molecule has 7 heteroatoms. The van der Waals surface area contributed by atoms with E-state index in [1.54, 1.807) is 55.1 Å². The highest BCUT2D eigenvalue weighted by molar-refractivity contribution is 6.06. The first-order valence-electron chi connectivity index (χ1n) is 15.2. The molecule has 1 aliphatic heterocycles. The summed E-state index contributed by atoms with van der Waals surface area (Å²) in [6.07, 6.45) is 10.8. The summed E-state index contributed by atoms with van der Waals surface area (Å²) in [4.78, 5) is 41.1. The van der Waals surface area contributed by atoms with Crippen LogP contribution in [0, 0.1) is 46.3 Å². The molecule has 2 bridgehead atoms. The van der Waals surface area contributed by atoms with Crippen molar-refractivity contribution in [3.05, 3.63) is 107 Å². The molecule has 4 fully saturated rings. The summed E-state index contributed by atoms with van der Waals surface area (Å²) in [7, 11) is 1.90. The normalized spacial score (nSPS) is 26.3. The van der Waals surface area contributed by atoms with Gasteiger partial charge in [0.1, 0.15) is 5.82 Å². The summed E-state index contributed by atoms with van der Waals surface area (Å²) in [6.45, 7) is 10.00. The zero-order chi connectivity index (χ0) is 30.5. The maximum atomic E-state index is 15.1. The molecule has 3 aromatic rings. The monoisotopic (exact) mass is 573 g/mol. The number of benzene rings is 1. The molecule has 0 N–H and O–H groups in total. The van der Waals surface area contributed by atoms with Gasteiger partial charge in [0, 0.05) is 50.0 Å². The quantitative estimate of drug-likeness (QED) is 0.253. The minimum Gasteiger partial charge on any atom is -0.339 e. The average Bonchev–Trinajstić information content (AvgIpc) is 3.23. The van der Waals surface area contributed by atoms with E-state index in [1.165, 1.54) is 6.42 Å². The third-order valence-corrected chi connectivity index (χ3v) is 10.8. The Hall–Kier alpha value is -4.31. The topological polar surface area (TPSA) is 90.2 Å². The number of nitrogens with zero attached hydrogens (tertiary/aromatic N) is 5. The van der Waals surface area contributed by atoms with Gasteiger partial charge in [-0.1, -0.05) is 27.7 Å². The van der Waals surface area contributed by atoms with Crippen LogP contribution in [0.2, 0.25) is 0 Å². The number of fused-ring (bicyclic) bond motifs is 2. The molecule has 3 saturated carbocycles. The second kappa shape index (κ2) is 10.8. The summed E-state index contributed by atoms with van der Waals surface area (Å²) in [5.41, 5.74) is 1.67. The molecule has 3 heterocycles. The van der Waals surface area contributed by atoms with E-state index >= 15 is 4.79 Å². The average molecular weight is 574 g/mol. The highest BCUT2D eigenvalue weighted by atomic mass is 16.2. The van der Waals surface area contributed by atoms with Gasteiger partial charge in [-0.25, -0.2) is 0 Å².